The van der Waals surface area contributed by atoms with Crippen LogP contribution < -0.4 is 5.73 Å². The van der Waals surface area contributed by atoms with Crippen molar-refractivity contribution < 1.29 is 33.3 Å². The summed E-state index contributed by atoms with van der Waals surface area (Å²) >= 11 is 3.32. The molecule has 0 amide bonds. The number of carbonyl (C=O) groups excluding carboxylic acids is 3. The standard InChI is InChI=1S/C16H18BrN5O7/c1-6(23)26-4-9-11(27-7(2)24)12(28-8(3)25)15(29-9)22-14-10(21-16(22)17)13(18)19-5-20-14/h5,9,11-12,15H,4H2,1-3H3,(H2,18,19,20)/t9?,11-,12-,15+/m0/s1. The number of nitrogens with zero attached hydrogens (tertiary/aromatic N) is 4. The Bertz CT molecular complexity index is 965. The third-order valence-electron chi connectivity index (χ3n) is 4.06. The summed E-state index contributed by atoms with van der Waals surface area (Å²) in [6.07, 6.45) is -2.76. The number of ether oxygens (including phenoxy) is 4. The molecule has 13 heteroatoms. The number of carbonyl (C=O) groups is 3. The maximum absolute atomic E-state index is 11.7. The van der Waals surface area contributed by atoms with Gasteiger partial charge in [0.15, 0.2) is 40.2 Å². The smallest absolute Gasteiger partial charge is 0.303 e. The van der Waals surface area contributed by atoms with Gasteiger partial charge < -0.3 is 24.7 Å². The van der Waals surface area contributed by atoms with Crippen molar-refractivity contribution in [3.8, 4) is 0 Å². The molecule has 2 aromatic heterocycles. The zero-order chi connectivity index (χ0) is 21.3. The molecule has 12 nitrogen and oxygen atoms in total. The molecule has 1 fully saturated rings. The molecule has 3 rings (SSSR count). The summed E-state index contributed by atoms with van der Waals surface area (Å²) in [7, 11) is 0. The highest BCUT2D eigenvalue weighted by molar-refractivity contribution is 9.10. The van der Waals surface area contributed by atoms with Gasteiger partial charge in [-0.2, -0.15) is 0 Å². The van der Waals surface area contributed by atoms with E-state index in [-0.39, 0.29) is 17.2 Å². The predicted octanol–water partition coefficient (Wildman–Crippen LogP) is 0.495. The fourth-order valence-corrected chi connectivity index (χ4v) is 3.57. The van der Waals surface area contributed by atoms with Gasteiger partial charge in [-0.05, 0) is 15.9 Å². The van der Waals surface area contributed by atoms with Gasteiger partial charge in [0, 0.05) is 20.8 Å². The van der Waals surface area contributed by atoms with Gasteiger partial charge in [-0.15, -0.1) is 0 Å². The second-order valence-corrected chi connectivity index (χ2v) is 6.91. The average molecular weight is 472 g/mol. The van der Waals surface area contributed by atoms with Crippen molar-refractivity contribution in [1.29, 1.82) is 0 Å². The fourth-order valence-electron chi connectivity index (χ4n) is 3.03. The van der Waals surface area contributed by atoms with Crippen LogP contribution >= 0.6 is 15.9 Å². The van der Waals surface area contributed by atoms with E-state index in [1.54, 1.807) is 0 Å². The Morgan fingerprint density at radius 2 is 1.79 bits per heavy atom. The van der Waals surface area contributed by atoms with Gasteiger partial charge in [0.05, 0.1) is 0 Å². The van der Waals surface area contributed by atoms with Gasteiger partial charge >= 0.3 is 17.9 Å². The van der Waals surface area contributed by atoms with Crippen LogP contribution in [0.4, 0.5) is 5.82 Å². The number of fused-ring (bicyclic) bond motifs is 1. The van der Waals surface area contributed by atoms with Gasteiger partial charge in [-0.3, -0.25) is 19.0 Å². The molecule has 0 spiro atoms. The second kappa shape index (κ2) is 8.29. The molecule has 1 aliphatic rings. The molecular weight excluding hydrogens is 454 g/mol. The quantitative estimate of drug-likeness (QED) is 0.367. The number of imidazole rings is 1. The lowest BCUT2D eigenvalue weighted by Crippen LogP contribution is -2.40. The molecule has 0 bridgehead atoms. The highest BCUT2D eigenvalue weighted by Crippen LogP contribution is 2.38. The summed E-state index contributed by atoms with van der Waals surface area (Å²) in [5, 5.41) is 0. The Morgan fingerprint density at radius 3 is 2.41 bits per heavy atom. The van der Waals surface area contributed by atoms with E-state index in [9.17, 15) is 14.4 Å². The lowest BCUT2D eigenvalue weighted by Gasteiger charge is -2.24. The van der Waals surface area contributed by atoms with Crippen LogP contribution in [0.1, 0.15) is 27.0 Å². The molecule has 0 saturated carbocycles. The van der Waals surface area contributed by atoms with Crippen LogP contribution in [-0.4, -0.2) is 62.3 Å². The van der Waals surface area contributed by atoms with Crippen LogP contribution in [-0.2, 0) is 33.3 Å². The van der Waals surface area contributed by atoms with E-state index >= 15 is 0 Å². The Labute approximate surface area is 172 Å². The third kappa shape index (κ3) is 4.29. The van der Waals surface area contributed by atoms with E-state index in [1.807, 2.05) is 0 Å². The summed E-state index contributed by atoms with van der Waals surface area (Å²) in [4.78, 5) is 47.0. The lowest BCUT2D eigenvalue weighted by molar-refractivity contribution is -0.166. The topological polar surface area (TPSA) is 158 Å². The van der Waals surface area contributed by atoms with Crippen LogP contribution in [0.15, 0.2) is 11.1 Å². The molecule has 156 valence electrons. The van der Waals surface area contributed by atoms with E-state index in [4.69, 9.17) is 24.7 Å². The van der Waals surface area contributed by atoms with Crippen molar-refractivity contribution in [2.24, 2.45) is 0 Å². The molecule has 1 unspecified atom stereocenters. The number of aromatic nitrogens is 4. The summed E-state index contributed by atoms with van der Waals surface area (Å²) in [5.41, 5.74) is 6.46. The van der Waals surface area contributed by atoms with E-state index in [0.29, 0.717) is 11.2 Å². The minimum Gasteiger partial charge on any atom is -0.463 e. The number of hydrogen-bond donors (Lipinski definition) is 1. The third-order valence-corrected chi connectivity index (χ3v) is 4.62. The lowest BCUT2D eigenvalue weighted by atomic mass is 10.1. The first-order valence-electron chi connectivity index (χ1n) is 8.46. The van der Waals surface area contributed by atoms with E-state index in [0.717, 1.165) is 0 Å². The zero-order valence-electron chi connectivity index (χ0n) is 15.7. The van der Waals surface area contributed by atoms with Crippen LogP contribution in [0.2, 0.25) is 0 Å². The van der Waals surface area contributed by atoms with Gasteiger partial charge in [0.25, 0.3) is 0 Å². The van der Waals surface area contributed by atoms with Crippen LogP contribution in [0.3, 0.4) is 0 Å². The largest absolute Gasteiger partial charge is 0.463 e. The molecule has 1 saturated heterocycles. The van der Waals surface area contributed by atoms with E-state index < -0.39 is 42.4 Å². The number of nitrogens with two attached hydrogens (primary N) is 1. The van der Waals surface area contributed by atoms with Gasteiger partial charge in [-0.1, -0.05) is 0 Å². The van der Waals surface area contributed by atoms with Crippen molar-refractivity contribution in [3.63, 3.8) is 0 Å². The van der Waals surface area contributed by atoms with Crippen molar-refractivity contribution in [2.75, 3.05) is 12.3 Å². The van der Waals surface area contributed by atoms with E-state index in [1.165, 1.54) is 31.7 Å². The highest BCUT2D eigenvalue weighted by atomic mass is 79.9. The molecular formula is C16H18BrN5O7. The molecule has 4 atom stereocenters. The molecule has 0 radical (unpaired) electrons. The molecule has 0 aromatic carbocycles. The number of halogens is 1. The minimum absolute atomic E-state index is 0.143. The second-order valence-electron chi connectivity index (χ2n) is 6.20. The maximum Gasteiger partial charge on any atom is 0.303 e. The van der Waals surface area contributed by atoms with Crippen molar-refractivity contribution in [2.45, 2.75) is 45.3 Å². The monoisotopic (exact) mass is 471 g/mol. The summed E-state index contributed by atoms with van der Waals surface area (Å²) in [6.45, 7) is 3.43. The van der Waals surface area contributed by atoms with Gasteiger partial charge in [0.2, 0.25) is 0 Å². The molecule has 1 aliphatic heterocycles. The summed E-state index contributed by atoms with van der Waals surface area (Å²) in [5.74, 6) is -1.64. The van der Waals surface area contributed by atoms with Crippen molar-refractivity contribution in [3.05, 3.63) is 11.1 Å². The predicted molar refractivity (Wildman–Crippen MR) is 99.1 cm³/mol. The van der Waals surface area contributed by atoms with E-state index in [2.05, 4.69) is 30.9 Å². The number of anilines is 1. The molecule has 2 aromatic rings. The SMILES string of the molecule is CC(=O)OCC1O[C@@H](n2c(Br)nc3c(N)ncnc32)[C@@H](OC(C)=O)[C@H]1OC(C)=O. The Balaban J connectivity index is 2.07. The van der Waals surface area contributed by atoms with Crippen molar-refractivity contribution in [1.82, 2.24) is 19.5 Å². The molecule has 2 N–H and O–H groups in total. The maximum atomic E-state index is 11.7. The fraction of sp³-hybridized carbons (Fsp3) is 0.500. The first-order valence-corrected chi connectivity index (χ1v) is 9.25. The average Bonchev–Trinajstić information content (AvgIpc) is 3.11. The number of rotatable bonds is 5. The minimum atomic E-state index is -1.07. The van der Waals surface area contributed by atoms with Crippen LogP contribution in [0, 0.1) is 0 Å². The zero-order valence-corrected chi connectivity index (χ0v) is 17.3. The molecule has 29 heavy (non-hydrogen) atoms. The Hall–Kier alpha value is -2.80. The normalized spacial score (nSPS) is 23.7. The van der Waals surface area contributed by atoms with Crippen LogP contribution in [0.5, 0.6) is 0 Å². The Kier molecular flexibility index (Phi) is 5.98. The first kappa shape index (κ1) is 20.9. The number of esters is 3. The van der Waals surface area contributed by atoms with Crippen LogP contribution in [0.25, 0.3) is 11.2 Å². The highest BCUT2D eigenvalue weighted by Gasteiger charge is 2.51. The van der Waals surface area contributed by atoms with Crippen molar-refractivity contribution >= 4 is 50.8 Å². The Morgan fingerprint density at radius 1 is 1.14 bits per heavy atom. The number of nitrogen functional groups attached to an aromatic ring is 1. The molecule has 0 aliphatic carbocycles. The summed E-state index contributed by atoms with van der Waals surface area (Å²) in [6, 6.07) is 0. The summed E-state index contributed by atoms with van der Waals surface area (Å²) < 4.78 is 23.5. The molecule has 3 heterocycles. The number of hydrogen-bond acceptors (Lipinski definition) is 11. The van der Waals surface area contributed by atoms with Gasteiger partial charge in [0.1, 0.15) is 19.0 Å². The first-order chi connectivity index (χ1) is 13.7. The van der Waals surface area contributed by atoms with Gasteiger partial charge in [-0.25, -0.2) is 15.0 Å².